The van der Waals surface area contributed by atoms with Crippen molar-refractivity contribution in [3.05, 3.63) is 0 Å². The van der Waals surface area contributed by atoms with Crippen molar-refractivity contribution in [2.45, 2.75) is 48.0 Å². The van der Waals surface area contributed by atoms with Crippen LogP contribution in [0.25, 0.3) is 0 Å². The van der Waals surface area contributed by atoms with Crippen LogP contribution in [0, 0.1) is 16.7 Å². The molecule has 0 aromatic rings. The summed E-state index contributed by atoms with van der Waals surface area (Å²) in [5, 5.41) is 6.88. The molecule has 2 heteroatoms. The Morgan fingerprint density at radius 1 is 1.00 bits per heavy atom. The van der Waals surface area contributed by atoms with Crippen molar-refractivity contribution in [1.29, 1.82) is 0 Å². The van der Waals surface area contributed by atoms with E-state index in [0.29, 0.717) is 10.8 Å². The molecule has 0 spiro atoms. The third kappa shape index (κ3) is 5.31. The maximum Gasteiger partial charge on any atom is 0.000765 e. The van der Waals surface area contributed by atoms with Crippen LogP contribution in [0.5, 0.6) is 0 Å². The fraction of sp³-hybridized carbons (Fsp3) is 1.00. The molecule has 0 amide bonds. The number of hydrogen-bond acceptors (Lipinski definition) is 2. The minimum absolute atomic E-state index is 0.338. The Morgan fingerprint density at radius 3 is 1.94 bits per heavy atom. The molecule has 0 heterocycles. The lowest BCUT2D eigenvalue weighted by Gasteiger charge is -2.39. The number of rotatable bonds is 7. The van der Waals surface area contributed by atoms with E-state index in [1.807, 2.05) is 7.05 Å². The molecule has 1 atom stereocenters. The lowest BCUT2D eigenvalue weighted by atomic mass is 9.69. The Morgan fingerprint density at radius 2 is 1.56 bits per heavy atom. The third-order valence-corrected chi connectivity index (χ3v) is 4.10. The number of hydrogen-bond donors (Lipinski definition) is 2. The summed E-state index contributed by atoms with van der Waals surface area (Å²) >= 11 is 0. The standard InChI is InChI=1S/C14H32N2/c1-8-12(9-15-7)10-16-11-14(5,6)13(2,3)4/h12,15-16H,8-11H2,1-7H3. The van der Waals surface area contributed by atoms with Gasteiger partial charge in [0.2, 0.25) is 0 Å². The van der Waals surface area contributed by atoms with Gasteiger partial charge in [-0.2, -0.15) is 0 Å². The van der Waals surface area contributed by atoms with Gasteiger partial charge in [-0.3, -0.25) is 0 Å². The molecule has 0 aliphatic heterocycles. The third-order valence-electron chi connectivity index (χ3n) is 4.10. The summed E-state index contributed by atoms with van der Waals surface area (Å²) in [6, 6.07) is 0. The van der Waals surface area contributed by atoms with Crippen molar-refractivity contribution >= 4 is 0 Å². The Balaban J connectivity index is 3.97. The van der Waals surface area contributed by atoms with Crippen molar-refractivity contribution in [2.24, 2.45) is 16.7 Å². The fourth-order valence-electron chi connectivity index (χ4n) is 1.50. The Bertz CT molecular complexity index is 180. The Labute approximate surface area is 103 Å². The lowest BCUT2D eigenvalue weighted by Crippen LogP contribution is -2.41. The molecule has 2 N–H and O–H groups in total. The zero-order valence-electron chi connectivity index (χ0n) is 12.4. The summed E-state index contributed by atoms with van der Waals surface area (Å²) in [6.07, 6.45) is 1.24. The first kappa shape index (κ1) is 15.9. The van der Waals surface area contributed by atoms with Gasteiger partial charge < -0.3 is 10.6 Å². The van der Waals surface area contributed by atoms with E-state index >= 15 is 0 Å². The van der Waals surface area contributed by atoms with Crippen LogP contribution in [0.4, 0.5) is 0 Å². The quantitative estimate of drug-likeness (QED) is 0.700. The predicted octanol–water partition coefficient (Wildman–Crippen LogP) is 2.89. The second-order valence-corrected chi connectivity index (χ2v) is 6.60. The minimum Gasteiger partial charge on any atom is -0.319 e. The van der Waals surface area contributed by atoms with Crippen molar-refractivity contribution in [3.63, 3.8) is 0 Å². The van der Waals surface area contributed by atoms with Gasteiger partial charge in [-0.15, -0.1) is 0 Å². The molecule has 1 unspecified atom stereocenters. The monoisotopic (exact) mass is 228 g/mol. The summed E-state index contributed by atoms with van der Waals surface area (Å²) < 4.78 is 0. The van der Waals surface area contributed by atoms with Crippen molar-refractivity contribution < 1.29 is 0 Å². The van der Waals surface area contributed by atoms with Gasteiger partial charge in [0.05, 0.1) is 0 Å². The van der Waals surface area contributed by atoms with E-state index in [2.05, 4.69) is 52.2 Å². The van der Waals surface area contributed by atoms with Crippen LogP contribution in [-0.2, 0) is 0 Å². The molecule has 0 aliphatic rings. The summed E-state index contributed by atoms with van der Waals surface area (Å²) in [4.78, 5) is 0. The van der Waals surface area contributed by atoms with E-state index in [9.17, 15) is 0 Å². The second-order valence-electron chi connectivity index (χ2n) is 6.60. The first-order valence-electron chi connectivity index (χ1n) is 6.60. The van der Waals surface area contributed by atoms with Crippen LogP contribution in [-0.4, -0.2) is 26.7 Å². The lowest BCUT2D eigenvalue weighted by molar-refractivity contribution is 0.127. The smallest absolute Gasteiger partial charge is 0.000765 e. The SMILES string of the molecule is CCC(CNC)CNCC(C)(C)C(C)(C)C. The fourth-order valence-corrected chi connectivity index (χ4v) is 1.50. The van der Waals surface area contributed by atoms with E-state index in [1.165, 1.54) is 6.42 Å². The van der Waals surface area contributed by atoms with E-state index in [-0.39, 0.29) is 0 Å². The molecule has 0 radical (unpaired) electrons. The second kappa shape index (κ2) is 6.61. The van der Waals surface area contributed by atoms with Crippen LogP contribution in [0.2, 0.25) is 0 Å². The molecule has 0 bridgehead atoms. The van der Waals surface area contributed by atoms with Crippen molar-refractivity contribution in [3.8, 4) is 0 Å². The highest BCUT2D eigenvalue weighted by atomic mass is 14.9. The van der Waals surface area contributed by atoms with Gasteiger partial charge >= 0.3 is 0 Å². The summed E-state index contributed by atoms with van der Waals surface area (Å²) in [6.45, 7) is 17.2. The first-order chi connectivity index (χ1) is 7.24. The zero-order valence-corrected chi connectivity index (χ0v) is 12.4. The van der Waals surface area contributed by atoms with E-state index in [4.69, 9.17) is 0 Å². The van der Waals surface area contributed by atoms with Crippen LogP contribution < -0.4 is 10.6 Å². The van der Waals surface area contributed by atoms with Crippen molar-refractivity contribution in [1.82, 2.24) is 10.6 Å². The summed E-state index contributed by atoms with van der Waals surface area (Å²) in [5.74, 6) is 0.751. The highest BCUT2D eigenvalue weighted by molar-refractivity contribution is 4.84. The van der Waals surface area contributed by atoms with Gasteiger partial charge in [-0.1, -0.05) is 48.0 Å². The predicted molar refractivity (Wildman–Crippen MR) is 73.8 cm³/mol. The number of nitrogens with one attached hydrogen (secondary N) is 2. The van der Waals surface area contributed by atoms with E-state index < -0.39 is 0 Å². The van der Waals surface area contributed by atoms with Gasteiger partial charge in [0.1, 0.15) is 0 Å². The van der Waals surface area contributed by atoms with Gasteiger partial charge in [0, 0.05) is 6.54 Å². The summed E-state index contributed by atoms with van der Waals surface area (Å²) in [5.41, 5.74) is 0.690. The highest BCUT2D eigenvalue weighted by Gasteiger charge is 2.32. The van der Waals surface area contributed by atoms with E-state index in [0.717, 1.165) is 25.6 Å². The topological polar surface area (TPSA) is 24.1 Å². The van der Waals surface area contributed by atoms with Gasteiger partial charge in [0.15, 0.2) is 0 Å². The molecule has 0 aliphatic carbocycles. The van der Waals surface area contributed by atoms with Crippen LogP contribution in [0.1, 0.15) is 48.0 Å². The molecular formula is C14H32N2. The molecule has 0 saturated carbocycles. The van der Waals surface area contributed by atoms with Crippen LogP contribution in [0.15, 0.2) is 0 Å². The largest absolute Gasteiger partial charge is 0.319 e. The molecule has 2 nitrogen and oxygen atoms in total. The van der Waals surface area contributed by atoms with Gasteiger partial charge in [-0.25, -0.2) is 0 Å². The molecule has 0 saturated heterocycles. The molecule has 16 heavy (non-hydrogen) atoms. The normalized spacial score (nSPS) is 15.2. The van der Waals surface area contributed by atoms with E-state index in [1.54, 1.807) is 0 Å². The molecule has 0 rings (SSSR count). The van der Waals surface area contributed by atoms with Crippen molar-refractivity contribution in [2.75, 3.05) is 26.7 Å². The molecule has 0 aromatic heterocycles. The molecule has 0 aromatic carbocycles. The van der Waals surface area contributed by atoms with Gasteiger partial charge in [-0.05, 0) is 36.9 Å². The highest BCUT2D eigenvalue weighted by Crippen LogP contribution is 2.36. The maximum atomic E-state index is 3.63. The zero-order chi connectivity index (χ0) is 12.8. The molecule has 98 valence electrons. The average molecular weight is 228 g/mol. The average Bonchev–Trinajstić information content (AvgIpc) is 2.14. The van der Waals surface area contributed by atoms with Crippen LogP contribution in [0.3, 0.4) is 0 Å². The molecular weight excluding hydrogens is 196 g/mol. The maximum absolute atomic E-state index is 3.63. The Hall–Kier alpha value is -0.0800. The minimum atomic E-state index is 0.338. The van der Waals surface area contributed by atoms with Gasteiger partial charge in [0.25, 0.3) is 0 Å². The summed E-state index contributed by atoms with van der Waals surface area (Å²) in [7, 11) is 2.03. The van der Waals surface area contributed by atoms with Crippen LogP contribution >= 0.6 is 0 Å². The first-order valence-corrected chi connectivity index (χ1v) is 6.60. The molecule has 0 fully saturated rings. The Kier molecular flexibility index (Phi) is 6.57.